The third-order valence-electron chi connectivity index (χ3n) is 4.20. The molecule has 140 valence electrons. The van der Waals surface area contributed by atoms with Crippen molar-refractivity contribution in [3.8, 4) is 23.0 Å². The van der Waals surface area contributed by atoms with Gasteiger partial charge in [0.15, 0.2) is 11.5 Å². The number of pyridine rings is 1. The predicted molar refractivity (Wildman–Crippen MR) is 109 cm³/mol. The maximum Gasteiger partial charge on any atom is 0.162 e. The molecule has 2 aromatic carbocycles. The van der Waals surface area contributed by atoms with Crippen LogP contribution in [0.2, 0.25) is 0 Å². The van der Waals surface area contributed by atoms with Crippen LogP contribution in [0.15, 0.2) is 53.7 Å². The first kappa shape index (κ1) is 18.7. The number of benzene rings is 2. The molecule has 0 aliphatic heterocycles. The van der Waals surface area contributed by atoms with Crippen molar-refractivity contribution in [1.82, 2.24) is 4.98 Å². The van der Waals surface area contributed by atoms with E-state index in [4.69, 9.17) is 14.2 Å². The van der Waals surface area contributed by atoms with Gasteiger partial charge in [0, 0.05) is 23.4 Å². The van der Waals surface area contributed by atoms with Crippen LogP contribution in [0.5, 0.6) is 23.0 Å². The lowest BCUT2D eigenvalue weighted by molar-refractivity contribution is 0.355. The summed E-state index contributed by atoms with van der Waals surface area (Å²) in [6.07, 6.45) is 3.82. The molecule has 3 rings (SSSR count). The minimum Gasteiger partial charge on any atom is -0.493 e. The lowest BCUT2D eigenvalue weighted by atomic mass is 10.2. The van der Waals surface area contributed by atoms with Crippen LogP contribution in [0.1, 0.15) is 26.7 Å². The molecule has 0 unspecified atom stereocenters. The third-order valence-corrected chi connectivity index (χ3v) is 4.20. The Kier molecular flexibility index (Phi) is 5.91. The zero-order valence-electron chi connectivity index (χ0n) is 16.2. The van der Waals surface area contributed by atoms with Crippen molar-refractivity contribution in [3.63, 3.8) is 0 Å². The molecule has 0 aliphatic rings. The number of hydrogen-bond donors (Lipinski definition) is 0. The van der Waals surface area contributed by atoms with Crippen molar-refractivity contribution in [3.05, 3.63) is 48.7 Å². The summed E-state index contributed by atoms with van der Waals surface area (Å²) in [5.41, 5.74) is 2.84. The second-order valence-corrected chi connectivity index (χ2v) is 6.23. The summed E-state index contributed by atoms with van der Waals surface area (Å²) < 4.78 is 16.8. The highest BCUT2D eigenvalue weighted by Gasteiger charge is 2.11. The average molecular weight is 364 g/mol. The van der Waals surface area contributed by atoms with Gasteiger partial charge in [-0.05, 0) is 49.7 Å². The molecule has 0 fully saturated rings. The van der Waals surface area contributed by atoms with Crippen LogP contribution in [0.4, 0.5) is 5.69 Å². The summed E-state index contributed by atoms with van der Waals surface area (Å²) in [4.78, 5) is 9.01. The van der Waals surface area contributed by atoms with E-state index < -0.39 is 0 Å². The zero-order valence-corrected chi connectivity index (χ0v) is 16.2. The van der Waals surface area contributed by atoms with Crippen molar-refractivity contribution in [2.75, 3.05) is 14.2 Å². The topological polar surface area (TPSA) is 52.9 Å². The molecule has 5 nitrogen and oxygen atoms in total. The molecule has 0 aliphatic carbocycles. The highest BCUT2D eigenvalue weighted by Crippen LogP contribution is 2.37. The normalized spacial score (nSPS) is 11.5. The standard InChI is InChI=1S/C22H24N2O3/c1-5-6-15(2)24-16-7-9-17(10-8-16)27-20-11-12-23-19-14-22(26-4)21(25-3)13-18(19)20/h7-14H,5-6H2,1-4H3. The fourth-order valence-corrected chi connectivity index (χ4v) is 2.89. The van der Waals surface area contributed by atoms with Crippen LogP contribution in [0.3, 0.4) is 0 Å². The van der Waals surface area contributed by atoms with Gasteiger partial charge in [0.1, 0.15) is 11.5 Å². The van der Waals surface area contributed by atoms with Gasteiger partial charge in [-0.15, -0.1) is 0 Å². The SMILES string of the molecule is CCCC(C)=Nc1ccc(Oc2ccnc3cc(OC)c(OC)cc23)cc1. The monoisotopic (exact) mass is 364 g/mol. The molecule has 3 aromatic rings. The Labute approximate surface area is 159 Å². The van der Waals surface area contributed by atoms with Gasteiger partial charge in [-0.3, -0.25) is 9.98 Å². The van der Waals surface area contributed by atoms with Gasteiger partial charge < -0.3 is 14.2 Å². The number of aromatic nitrogens is 1. The molecule has 0 saturated carbocycles. The summed E-state index contributed by atoms with van der Waals surface area (Å²) in [5, 5.41) is 0.857. The van der Waals surface area contributed by atoms with Crippen LogP contribution in [-0.4, -0.2) is 24.9 Å². The largest absolute Gasteiger partial charge is 0.493 e. The first-order chi connectivity index (χ1) is 13.1. The van der Waals surface area contributed by atoms with E-state index in [0.717, 1.165) is 40.9 Å². The number of nitrogens with zero attached hydrogens (tertiary/aromatic N) is 2. The maximum absolute atomic E-state index is 6.09. The molecular weight excluding hydrogens is 340 g/mol. The smallest absolute Gasteiger partial charge is 0.162 e. The van der Waals surface area contributed by atoms with E-state index in [1.54, 1.807) is 20.4 Å². The summed E-state index contributed by atoms with van der Waals surface area (Å²) in [7, 11) is 3.22. The number of rotatable bonds is 7. The fourth-order valence-electron chi connectivity index (χ4n) is 2.89. The first-order valence-electron chi connectivity index (χ1n) is 8.97. The minimum absolute atomic E-state index is 0.638. The molecule has 0 N–H and O–H groups in total. The molecule has 27 heavy (non-hydrogen) atoms. The molecular formula is C22H24N2O3. The van der Waals surface area contributed by atoms with E-state index in [-0.39, 0.29) is 0 Å². The first-order valence-corrected chi connectivity index (χ1v) is 8.97. The molecule has 1 heterocycles. The van der Waals surface area contributed by atoms with Gasteiger partial charge >= 0.3 is 0 Å². The summed E-state index contributed by atoms with van der Waals surface area (Å²) in [6, 6.07) is 13.3. The molecule has 5 heteroatoms. The second-order valence-electron chi connectivity index (χ2n) is 6.23. The van der Waals surface area contributed by atoms with E-state index in [9.17, 15) is 0 Å². The summed E-state index contributed by atoms with van der Waals surface area (Å²) in [5.74, 6) is 2.72. The van der Waals surface area contributed by atoms with E-state index >= 15 is 0 Å². The van der Waals surface area contributed by atoms with Crippen molar-refractivity contribution < 1.29 is 14.2 Å². The number of hydrogen-bond acceptors (Lipinski definition) is 5. The number of methoxy groups -OCH3 is 2. The fraction of sp³-hybridized carbons (Fsp3) is 0.273. The van der Waals surface area contributed by atoms with Gasteiger partial charge in [-0.1, -0.05) is 13.3 Å². The number of ether oxygens (including phenoxy) is 3. The van der Waals surface area contributed by atoms with Gasteiger partial charge in [-0.25, -0.2) is 0 Å². The summed E-state index contributed by atoms with van der Waals surface area (Å²) in [6.45, 7) is 4.21. The van der Waals surface area contributed by atoms with Crippen LogP contribution in [0, 0.1) is 0 Å². The third kappa shape index (κ3) is 4.37. The Bertz CT molecular complexity index is 950. The lowest BCUT2D eigenvalue weighted by Gasteiger charge is -2.12. The second kappa shape index (κ2) is 8.54. The number of fused-ring (bicyclic) bond motifs is 1. The van der Waals surface area contributed by atoms with Crippen LogP contribution in [0.25, 0.3) is 10.9 Å². The molecule has 0 atom stereocenters. The number of aliphatic imine (C=N–C) groups is 1. The zero-order chi connectivity index (χ0) is 19.2. The Balaban J connectivity index is 1.89. The van der Waals surface area contributed by atoms with Crippen LogP contribution < -0.4 is 14.2 Å². The van der Waals surface area contributed by atoms with Gasteiger partial charge in [-0.2, -0.15) is 0 Å². The molecule has 0 spiro atoms. The quantitative estimate of drug-likeness (QED) is 0.487. The Morgan fingerprint density at radius 3 is 2.33 bits per heavy atom. The Morgan fingerprint density at radius 2 is 1.67 bits per heavy atom. The van der Waals surface area contributed by atoms with E-state index in [2.05, 4.69) is 23.8 Å². The van der Waals surface area contributed by atoms with Gasteiger partial charge in [0.25, 0.3) is 0 Å². The molecule has 0 saturated heterocycles. The molecule has 1 aromatic heterocycles. The summed E-state index contributed by atoms with van der Waals surface area (Å²) >= 11 is 0. The maximum atomic E-state index is 6.09. The van der Waals surface area contributed by atoms with Crippen molar-refractivity contribution in [2.24, 2.45) is 4.99 Å². The van der Waals surface area contributed by atoms with Gasteiger partial charge in [0.2, 0.25) is 0 Å². The highest BCUT2D eigenvalue weighted by molar-refractivity contribution is 5.88. The Morgan fingerprint density at radius 1 is 0.963 bits per heavy atom. The van der Waals surface area contributed by atoms with Crippen molar-refractivity contribution >= 4 is 22.3 Å². The van der Waals surface area contributed by atoms with Crippen molar-refractivity contribution in [1.29, 1.82) is 0 Å². The molecule has 0 radical (unpaired) electrons. The minimum atomic E-state index is 0.638. The average Bonchev–Trinajstić information content (AvgIpc) is 2.68. The Hall–Kier alpha value is -3.08. The van der Waals surface area contributed by atoms with Crippen molar-refractivity contribution in [2.45, 2.75) is 26.7 Å². The predicted octanol–water partition coefficient (Wildman–Crippen LogP) is 5.94. The molecule has 0 bridgehead atoms. The van der Waals surface area contributed by atoms with E-state index in [0.29, 0.717) is 17.2 Å². The molecule has 0 amide bonds. The lowest BCUT2D eigenvalue weighted by Crippen LogP contribution is -1.93. The van der Waals surface area contributed by atoms with E-state index in [1.165, 1.54) is 0 Å². The van der Waals surface area contributed by atoms with Crippen LogP contribution >= 0.6 is 0 Å². The van der Waals surface area contributed by atoms with Gasteiger partial charge in [0.05, 0.1) is 25.4 Å². The van der Waals surface area contributed by atoms with E-state index in [1.807, 2.05) is 42.5 Å². The highest BCUT2D eigenvalue weighted by atomic mass is 16.5. The van der Waals surface area contributed by atoms with Crippen LogP contribution in [-0.2, 0) is 0 Å².